The number of thiophene rings is 1. The van der Waals surface area contributed by atoms with Crippen LogP contribution in [0.1, 0.15) is 30.5 Å². The van der Waals surface area contributed by atoms with E-state index in [1.165, 1.54) is 10.3 Å². The molecule has 0 saturated heterocycles. The predicted molar refractivity (Wildman–Crippen MR) is 66.8 cm³/mol. The molecule has 15 heavy (non-hydrogen) atoms. The molecule has 2 nitrogen and oxygen atoms in total. The van der Waals surface area contributed by atoms with Gasteiger partial charge in [-0.15, -0.1) is 11.3 Å². The van der Waals surface area contributed by atoms with Crippen molar-refractivity contribution < 1.29 is 8.42 Å². The molecule has 0 aliphatic rings. The van der Waals surface area contributed by atoms with E-state index in [0.29, 0.717) is 0 Å². The van der Waals surface area contributed by atoms with Crippen molar-refractivity contribution in [3.63, 3.8) is 0 Å². The van der Waals surface area contributed by atoms with Gasteiger partial charge in [-0.1, -0.05) is 0 Å². The summed E-state index contributed by atoms with van der Waals surface area (Å²) in [6.45, 7) is 7.10. The lowest BCUT2D eigenvalue weighted by molar-refractivity contribution is 0.570. The molecule has 0 spiro atoms. The number of hydrogen-bond donors (Lipinski definition) is 0. The molecule has 1 rings (SSSR count). The molecule has 0 radical (unpaired) electrons. The highest BCUT2D eigenvalue weighted by Gasteiger charge is 2.25. The second-order valence-electron chi connectivity index (χ2n) is 4.41. The van der Waals surface area contributed by atoms with E-state index >= 15 is 0 Å². The highest BCUT2D eigenvalue weighted by molar-refractivity contribution is 7.95. The van der Waals surface area contributed by atoms with E-state index in [1.807, 2.05) is 19.1 Å². The fraction of sp³-hybridized carbons (Fsp3) is 0.455. The van der Waals surface area contributed by atoms with Crippen molar-refractivity contribution in [3.05, 3.63) is 27.3 Å². The topological polar surface area (TPSA) is 34.1 Å². The van der Waals surface area contributed by atoms with Gasteiger partial charge in [-0.05, 0) is 45.9 Å². The zero-order valence-electron chi connectivity index (χ0n) is 9.44. The first-order valence-corrected chi connectivity index (χ1v) is 7.08. The lowest BCUT2D eigenvalue weighted by Gasteiger charge is -2.15. The highest BCUT2D eigenvalue weighted by Crippen LogP contribution is 2.21. The zero-order valence-corrected chi connectivity index (χ0v) is 11.1. The molecule has 1 aromatic rings. The summed E-state index contributed by atoms with van der Waals surface area (Å²) < 4.78 is 22.8. The summed E-state index contributed by atoms with van der Waals surface area (Å²) in [4.78, 5) is 2.16. The first kappa shape index (κ1) is 12.5. The van der Waals surface area contributed by atoms with E-state index in [1.54, 1.807) is 38.2 Å². The number of rotatable bonds is 2. The number of hydrogen-bond acceptors (Lipinski definition) is 3. The molecule has 1 aromatic heterocycles. The standard InChI is InChI=1S/C11H16O2S2/c1-9-5-6-10(14-9)7-8-15(12,13)11(2,3)4/h5-8H,1-4H3/b8-7+. The Labute approximate surface area is 95.6 Å². The normalized spacial score (nSPS) is 13.6. The summed E-state index contributed by atoms with van der Waals surface area (Å²) in [6.07, 6.45) is 1.66. The van der Waals surface area contributed by atoms with Crippen molar-refractivity contribution >= 4 is 27.3 Å². The van der Waals surface area contributed by atoms with Crippen molar-refractivity contribution in [2.24, 2.45) is 0 Å². The molecule has 0 amide bonds. The van der Waals surface area contributed by atoms with E-state index < -0.39 is 14.6 Å². The SMILES string of the molecule is Cc1ccc(/C=C/S(=O)(=O)C(C)(C)C)s1. The van der Waals surface area contributed by atoms with Crippen LogP contribution in [0, 0.1) is 6.92 Å². The van der Waals surface area contributed by atoms with Gasteiger partial charge in [-0.25, -0.2) is 8.42 Å². The molecule has 0 fully saturated rings. The third-order valence-electron chi connectivity index (χ3n) is 2.03. The molecule has 0 unspecified atom stereocenters. The predicted octanol–water partition coefficient (Wildman–Crippen LogP) is 3.24. The van der Waals surface area contributed by atoms with Crippen molar-refractivity contribution in [1.29, 1.82) is 0 Å². The van der Waals surface area contributed by atoms with Crippen molar-refractivity contribution in [1.82, 2.24) is 0 Å². The number of aryl methyl sites for hydroxylation is 1. The molecule has 0 saturated carbocycles. The monoisotopic (exact) mass is 244 g/mol. The van der Waals surface area contributed by atoms with Crippen LogP contribution in [0.15, 0.2) is 17.5 Å². The molecule has 1 heterocycles. The minimum absolute atomic E-state index is 0.726. The zero-order chi connectivity index (χ0) is 11.7. The van der Waals surface area contributed by atoms with E-state index in [4.69, 9.17) is 0 Å². The van der Waals surface area contributed by atoms with Crippen molar-refractivity contribution in [2.45, 2.75) is 32.4 Å². The maximum absolute atomic E-state index is 11.8. The Morgan fingerprint density at radius 1 is 1.27 bits per heavy atom. The lowest BCUT2D eigenvalue weighted by Crippen LogP contribution is -2.25. The summed E-state index contributed by atoms with van der Waals surface area (Å²) in [6, 6.07) is 3.91. The fourth-order valence-corrected chi connectivity index (χ4v) is 2.50. The van der Waals surface area contributed by atoms with Crippen molar-refractivity contribution in [2.75, 3.05) is 0 Å². The van der Waals surface area contributed by atoms with Gasteiger partial charge < -0.3 is 0 Å². The van der Waals surface area contributed by atoms with Gasteiger partial charge in [0, 0.05) is 15.2 Å². The Morgan fingerprint density at radius 3 is 2.27 bits per heavy atom. The molecule has 0 bridgehead atoms. The van der Waals surface area contributed by atoms with Crippen LogP contribution in [0.5, 0.6) is 0 Å². The van der Waals surface area contributed by atoms with E-state index in [9.17, 15) is 8.42 Å². The smallest absolute Gasteiger partial charge is 0.176 e. The third kappa shape index (κ3) is 3.18. The molecular weight excluding hydrogens is 228 g/mol. The van der Waals surface area contributed by atoms with Gasteiger partial charge in [0.25, 0.3) is 0 Å². The summed E-state index contributed by atoms with van der Waals surface area (Å²) in [5, 5.41) is 1.30. The van der Waals surface area contributed by atoms with E-state index in [0.717, 1.165) is 4.88 Å². The Kier molecular flexibility index (Phi) is 3.41. The van der Waals surface area contributed by atoms with Crippen LogP contribution in [0.25, 0.3) is 6.08 Å². The van der Waals surface area contributed by atoms with Gasteiger partial charge >= 0.3 is 0 Å². The molecule has 84 valence electrons. The van der Waals surface area contributed by atoms with E-state index in [2.05, 4.69) is 0 Å². The Balaban J connectivity index is 2.92. The fourth-order valence-electron chi connectivity index (χ4n) is 0.904. The first-order chi connectivity index (χ1) is 6.72. The third-order valence-corrected chi connectivity index (χ3v) is 5.19. The second kappa shape index (κ2) is 4.10. The van der Waals surface area contributed by atoms with Gasteiger partial charge in [-0.2, -0.15) is 0 Å². The summed E-state index contributed by atoms with van der Waals surface area (Å²) in [7, 11) is -3.16. The largest absolute Gasteiger partial charge is 0.224 e. The van der Waals surface area contributed by atoms with Gasteiger partial charge in [0.05, 0.1) is 4.75 Å². The summed E-state index contributed by atoms with van der Waals surface area (Å²) in [5.74, 6) is 0. The van der Waals surface area contributed by atoms with Gasteiger partial charge in [-0.3, -0.25) is 0 Å². The quantitative estimate of drug-likeness (QED) is 0.800. The van der Waals surface area contributed by atoms with Gasteiger partial charge in [0.1, 0.15) is 0 Å². The van der Waals surface area contributed by atoms with Crippen LogP contribution in [0.4, 0.5) is 0 Å². The molecule has 4 heteroatoms. The molecule has 0 atom stereocenters. The maximum Gasteiger partial charge on any atom is 0.176 e. The van der Waals surface area contributed by atoms with Gasteiger partial charge in [0.15, 0.2) is 9.84 Å². The van der Waals surface area contributed by atoms with Crippen LogP contribution in [-0.4, -0.2) is 13.2 Å². The van der Waals surface area contributed by atoms with Crippen LogP contribution in [0.2, 0.25) is 0 Å². The molecular formula is C11H16O2S2. The summed E-state index contributed by atoms with van der Waals surface area (Å²) in [5.41, 5.74) is 0. The highest BCUT2D eigenvalue weighted by atomic mass is 32.2. The minimum atomic E-state index is -3.16. The average Bonchev–Trinajstić information content (AvgIpc) is 2.46. The van der Waals surface area contributed by atoms with Crippen LogP contribution >= 0.6 is 11.3 Å². The first-order valence-electron chi connectivity index (χ1n) is 4.71. The molecule has 0 N–H and O–H groups in total. The van der Waals surface area contributed by atoms with E-state index in [-0.39, 0.29) is 0 Å². The average molecular weight is 244 g/mol. The number of sulfone groups is 1. The Morgan fingerprint density at radius 2 is 1.87 bits per heavy atom. The van der Waals surface area contributed by atoms with Crippen LogP contribution < -0.4 is 0 Å². The second-order valence-corrected chi connectivity index (χ2v) is 8.31. The molecule has 0 aliphatic carbocycles. The minimum Gasteiger partial charge on any atom is -0.224 e. The lowest BCUT2D eigenvalue weighted by atomic mass is 10.3. The van der Waals surface area contributed by atoms with Gasteiger partial charge in [0.2, 0.25) is 0 Å². The van der Waals surface area contributed by atoms with Crippen LogP contribution in [0.3, 0.4) is 0 Å². The molecule has 0 aromatic carbocycles. The van der Waals surface area contributed by atoms with Crippen LogP contribution in [-0.2, 0) is 9.84 Å². The Bertz CT molecular complexity index is 459. The summed E-state index contributed by atoms with van der Waals surface area (Å²) >= 11 is 1.59. The maximum atomic E-state index is 11.8. The molecule has 0 aliphatic heterocycles. The van der Waals surface area contributed by atoms with Crippen molar-refractivity contribution in [3.8, 4) is 0 Å². The Hall–Kier alpha value is -0.610.